The van der Waals surface area contributed by atoms with Crippen LogP contribution in [0.5, 0.6) is 0 Å². The van der Waals surface area contributed by atoms with E-state index in [9.17, 15) is 0 Å². The van der Waals surface area contributed by atoms with Gasteiger partial charge in [-0.2, -0.15) is 0 Å². The predicted molar refractivity (Wildman–Crippen MR) is 90.6 cm³/mol. The molecule has 2 heteroatoms. The highest BCUT2D eigenvalue weighted by atomic mass is 15.1. The third-order valence-corrected chi connectivity index (χ3v) is 6.47. The first-order valence-corrected chi connectivity index (χ1v) is 9.62. The van der Waals surface area contributed by atoms with Gasteiger partial charge in [0.1, 0.15) is 0 Å². The molecule has 3 saturated carbocycles. The summed E-state index contributed by atoms with van der Waals surface area (Å²) in [6, 6.07) is 1.71. The highest BCUT2D eigenvalue weighted by molar-refractivity contribution is 4.93. The summed E-state index contributed by atoms with van der Waals surface area (Å²) in [6.45, 7) is 5.10. The molecule has 3 fully saturated rings. The monoisotopic (exact) mass is 292 g/mol. The van der Waals surface area contributed by atoms with Gasteiger partial charge in [0.05, 0.1) is 0 Å². The van der Waals surface area contributed by atoms with Crippen molar-refractivity contribution in [3.8, 4) is 0 Å². The summed E-state index contributed by atoms with van der Waals surface area (Å²) in [5.74, 6) is 0.904. The number of nitrogens with one attached hydrogen (secondary N) is 1. The zero-order chi connectivity index (χ0) is 14.7. The van der Waals surface area contributed by atoms with E-state index < -0.39 is 0 Å². The maximum Gasteiger partial charge on any atom is 0.0118 e. The topological polar surface area (TPSA) is 15.3 Å². The Hall–Kier alpha value is -0.0800. The third-order valence-electron chi connectivity index (χ3n) is 6.47. The smallest absolute Gasteiger partial charge is 0.0118 e. The van der Waals surface area contributed by atoms with Crippen LogP contribution in [-0.2, 0) is 0 Å². The second-order valence-corrected chi connectivity index (χ2v) is 8.46. The number of nitrogens with zero attached hydrogens (tertiary/aromatic N) is 1. The third kappa shape index (κ3) is 4.22. The van der Waals surface area contributed by atoms with Crippen LogP contribution < -0.4 is 5.32 Å². The average Bonchev–Trinajstić information content (AvgIpc) is 3.31. The van der Waals surface area contributed by atoms with Gasteiger partial charge in [-0.15, -0.1) is 0 Å². The van der Waals surface area contributed by atoms with Gasteiger partial charge < -0.3 is 10.2 Å². The first-order valence-electron chi connectivity index (χ1n) is 9.62. The van der Waals surface area contributed by atoms with Gasteiger partial charge in [-0.05, 0) is 56.9 Å². The van der Waals surface area contributed by atoms with E-state index in [1.54, 1.807) is 0 Å². The SMILES string of the molecule is CC1CCCCC1N(C)CC1(CNC2CC2)CCCCC1. The lowest BCUT2D eigenvalue weighted by Crippen LogP contribution is -2.49. The summed E-state index contributed by atoms with van der Waals surface area (Å²) in [4.78, 5) is 2.75. The molecule has 122 valence electrons. The van der Waals surface area contributed by atoms with Crippen LogP contribution in [0.1, 0.15) is 77.6 Å². The van der Waals surface area contributed by atoms with Crippen LogP contribution >= 0.6 is 0 Å². The molecule has 0 amide bonds. The van der Waals surface area contributed by atoms with Gasteiger partial charge in [0, 0.05) is 25.2 Å². The molecule has 2 unspecified atom stereocenters. The first kappa shape index (κ1) is 15.8. The summed E-state index contributed by atoms with van der Waals surface area (Å²) in [5.41, 5.74) is 0.576. The number of hydrogen-bond acceptors (Lipinski definition) is 2. The Bertz CT molecular complexity index is 318. The zero-order valence-electron chi connectivity index (χ0n) is 14.4. The van der Waals surface area contributed by atoms with Gasteiger partial charge in [0.15, 0.2) is 0 Å². The van der Waals surface area contributed by atoms with Crippen molar-refractivity contribution in [1.29, 1.82) is 0 Å². The maximum absolute atomic E-state index is 3.86. The molecule has 0 aromatic heterocycles. The van der Waals surface area contributed by atoms with E-state index in [0.29, 0.717) is 5.41 Å². The molecule has 3 rings (SSSR count). The first-order chi connectivity index (χ1) is 10.2. The molecule has 0 spiro atoms. The Morgan fingerprint density at radius 1 is 0.952 bits per heavy atom. The Balaban J connectivity index is 1.58. The highest BCUT2D eigenvalue weighted by Crippen LogP contribution is 2.39. The Morgan fingerprint density at radius 3 is 2.33 bits per heavy atom. The minimum absolute atomic E-state index is 0.576. The van der Waals surface area contributed by atoms with Crippen LogP contribution in [0.4, 0.5) is 0 Å². The Kier molecular flexibility index (Phi) is 5.27. The van der Waals surface area contributed by atoms with Crippen molar-refractivity contribution in [2.75, 3.05) is 20.1 Å². The van der Waals surface area contributed by atoms with E-state index >= 15 is 0 Å². The molecule has 0 saturated heterocycles. The molecule has 0 bridgehead atoms. The molecule has 0 aliphatic heterocycles. The fraction of sp³-hybridized carbons (Fsp3) is 1.00. The number of hydrogen-bond donors (Lipinski definition) is 1. The Morgan fingerprint density at radius 2 is 1.67 bits per heavy atom. The van der Waals surface area contributed by atoms with E-state index in [4.69, 9.17) is 0 Å². The summed E-state index contributed by atoms with van der Waals surface area (Å²) in [5, 5.41) is 3.86. The lowest BCUT2D eigenvalue weighted by Gasteiger charge is -2.45. The van der Waals surface area contributed by atoms with Crippen molar-refractivity contribution < 1.29 is 0 Å². The molecule has 2 atom stereocenters. The van der Waals surface area contributed by atoms with Crippen LogP contribution in [0.15, 0.2) is 0 Å². The molecular formula is C19H36N2. The van der Waals surface area contributed by atoms with Gasteiger partial charge >= 0.3 is 0 Å². The minimum atomic E-state index is 0.576. The second kappa shape index (κ2) is 7.00. The predicted octanol–water partition coefficient (Wildman–Crippen LogP) is 4.20. The molecule has 2 nitrogen and oxygen atoms in total. The van der Waals surface area contributed by atoms with Gasteiger partial charge in [-0.1, -0.05) is 39.0 Å². The standard InChI is InChI=1S/C19H36N2/c1-16-8-4-5-9-18(16)21(2)15-19(12-6-3-7-13-19)14-20-17-10-11-17/h16-18,20H,3-15H2,1-2H3. The quantitative estimate of drug-likeness (QED) is 0.789. The molecule has 0 radical (unpaired) electrons. The minimum Gasteiger partial charge on any atom is -0.313 e. The lowest BCUT2D eigenvalue weighted by molar-refractivity contribution is 0.0595. The molecule has 21 heavy (non-hydrogen) atoms. The lowest BCUT2D eigenvalue weighted by atomic mass is 9.72. The Labute approximate surface area is 132 Å². The van der Waals surface area contributed by atoms with Crippen LogP contribution in [0, 0.1) is 11.3 Å². The van der Waals surface area contributed by atoms with Crippen LogP contribution in [-0.4, -0.2) is 37.1 Å². The largest absolute Gasteiger partial charge is 0.313 e. The van der Waals surface area contributed by atoms with E-state index in [1.807, 2.05) is 0 Å². The normalized spacial score (nSPS) is 33.3. The summed E-state index contributed by atoms with van der Waals surface area (Å²) < 4.78 is 0. The fourth-order valence-corrected chi connectivity index (χ4v) is 4.94. The summed E-state index contributed by atoms with van der Waals surface area (Å²) in [7, 11) is 2.42. The van der Waals surface area contributed by atoms with E-state index in [1.165, 1.54) is 83.7 Å². The number of rotatable bonds is 6. The molecule has 3 aliphatic rings. The van der Waals surface area contributed by atoms with E-state index in [0.717, 1.165) is 18.0 Å². The fourth-order valence-electron chi connectivity index (χ4n) is 4.94. The molecule has 0 heterocycles. The van der Waals surface area contributed by atoms with E-state index in [-0.39, 0.29) is 0 Å². The van der Waals surface area contributed by atoms with Crippen LogP contribution in [0.2, 0.25) is 0 Å². The zero-order valence-corrected chi connectivity index (χ0v) is 14.4. The molecule has 0 aromatic carbocycles. The van der Waals surface area contributed by atoms with Crippen molar-refractivity contribution in [3.05, 3.63) is 0 Å². The average molecular weight is 293 g/mol. The van der Waals surface area contributed by atoms with Crippen molar-refractivity contribution >= 4 is 0 Å². The van der Waals surface area contributed by atoms with Crippen molar-refractivity contribution in [1.82, 2.24) is 10.2 Å². The van der Waals surface area contributed by atoms with Crippen LogP contribution in [0.25, 0.3) is 0 Å². The summed E-state index contributed by atoms with van der Waals surface area (Å²) >= 11 is 0. The van der Waals surface area contributed by atoms with E-state index in [2.05, 4.69) is 24.2 Å². The highest BCUT2D eigenvalue weighted by Gasteiger charge is 2.37. The van der Waals surface area contributed by atoms with Crippen molar-refractivity contribution in [3.63, 3.8) is 0 Å². The van der Waals surface area contributed by atoms with Gasteiger partial charge in [-0.25, -0.2) is 0 Å². The van der Waals surface area contributed by atoms with Crippen molar-refractivity contribution in [2.45, 2.75) is 89.6 Å². The molecular weight excluding hydrogens is 256 g/mol. The molecule has 0 aromatic rings. The van der Waals surface area contributed by atoms with Gasteiger partial charge in [0.2, 0.25) is 0 Å². The second-order valence-electron chi connectivity index (χ2n) is 8.46. The van der Waals surface area contributed by atoms with Gasteiger partial charge in [-0.3, -0.25) is 0 Å². The summed E-state index contributed by atoms with van der Waals surface area (Å²) in [6.07, 6.45) is 15.9. The molecule has 1 N–H and O–H groups in total. The van der Waals surface area contributed by atoms with Crippen LogP contribution in [0.3, 0.4) is 0 Å². The molecule has 3 aliphatic carbocycles. The maximum atomic E-state index is 3.86. The van der Waals surface area contributed by atoms with Gasteiger partial charge in [0.25, 0.3) is 0 Å². The van der Waals surface area contributed by atoms with Crippen molar-refractivity contribution in [2.24, 2.45) is 11.3 Å².